The van der Waals surface area contributed by atoms with Crippen molar-refractivity contribution in [3.8, 4) is 0 Å². The molecule has 0 aromatic heterocycles. The zero-order valence-electron chi connectivity index (χ0n) is 14.2. The molecule has 0 amide bonds. The Morgan fingerprint density at radius 3 is 0.710 bits per heavy atom. The average Bonchev–Trinajstić information content (AvgIpc) is 2.46. The van der Waals surface area contributed by atoms with Crippen molar-refractivity contribution < 1.29 is 141 Å². The van der Waals surface area contributed by atoms with Crippen molar-refractivity contribution in [2.45, 2.75) is 36.9 Å². The van der Waals surface area contributed by atoms with Crippen molar-refractivity contribution >= 4 is 35.8 Å². The van der Waals surface area contributed by atoms with Crippen LogP contribution < -0.4 is 30.6 Å². The summed E-state index contributed by atoms with van der Waals surface area (Å²) in [6, 6.07) is 0. The number of carboxylic acids is 6. The Hall–Kier alpha value is -1.38. The summed E-state index contributed by atoms with van der Waals surface area (Å²) in [6.07, 6.45) is -5.43. The van der Waals surface area contributed by atoms with Crippen LogP contribution in [0.15, 0.2) is 0 Å². The van der Waals surface area contributed by atoms with Gasteiger partial charge in [0.05, 0.1) is 11.9 Å². The van der Waals surface area contributed by atoms with E-state index < -0.39 is 72.7 Å². The van der Waals surface area contributed by atoms with Crippen molar-refractivity contribution in [2.75, 3.05) is 0 Å². The van der Waals surface area contributed by atoms with Gasteiger partial charge in [-0.2, -0.15) is 0 Å². The van der Waals surface area contributed by atoms with E-state index in [2.05, 4.69) is 15.9 Å². The van der Waals surface area contributed by atoms with Gasteiger partial charge in [-0.1, -0.05) is 0 Å². The van der Waals surface area contributed by atoms with Crippen LogP contribution in [0.3, 0.4) is 0 Å². The molecule has 0 aliphatic rings. The summed E-state index contributed by atoms with van der Waals surface area (Å²) in [7, 11) is 0. The van der Waals surface area contributed by atoms with Gasteiger partial charge in [-0.3, -0.25) is 0 Å². The van der Waals surface area contributed by atoms with E-state index in [1.54, 1.807) is 0 Å². The van der Waals surface area contributed by atoms with Crippen molar-refractivity contribution in [2.24, 2.45) is 0 Å². The fraction of sp³-hybridized carbons (Fsp3) is 0.500. The van der Waals surface area contributed by atoms with E-state index in [-0.39, 0.29) is 51.2 Å². The predicted molar refractivity (Wildman–Crippen MR) is 59.1 cm³/mol. The summed E-state index contributed by atoms with van der Waals surface area (Å²) >= 11 is 2.94. The Morgan fingerprint density at radius 2 is 0.645 bits per heavy atom. The van der Waals surface area contributed by atoms with Gasteiger partial charge in [0.2, 0.25) is 0 Å². The molecular weight excluding hydrogens is 638 g/mol. The first kappa shape index (κ1) is 43.5. The van der Waals surface area contributed by atoms with E-state index >= 15 is 0 Å². The number of hydrogen-bond acceptors (Lipinski definition) is 15. The van der Waals surface area contributed by atoms with Gasteiger partial charge in [-0.25, -0.2) is 0 Å². The number of aliphatic carboxylic acids is 6. The Balaban J connectivity index is -0.0000000855. The first-order valence-corrected chi connectivity index (χ1v) is 6.73. The van der Waals surface area contributed by atoms with E-state index in [0.717, 1.165) is 0 Å². The van der Waals surface area contributed by atoms with Gasteiger partial charge >= 0.3 is 71.0 Å². The molecule has 3 radical (unpaired) electrons. The van der Waals surface area contributed by atoms with E-state index in [4.69, 9.17) is 14.0 Å². The first-order valence-electron chi connectivity index (χ1n) is 6.35. The minimum atomic E-state index is -2.97. The molecule has 0 aromatic rings. The molecule has 0 saturated heterocycles. The molecule has 0 spiro atoms. The number of carbonyl (C=O) groups is 6. The molecule has 0 aliphatic heterocycles. The normalized spacial score (nSPS) is 9.29. The third-order valence-electron chi connectivity index (χ3n) is 2.51. The van der Waals surface area contributed by atoms with Crippen LogP contribution in [0.5, 0.6) is 0 Å². The second-order valence-corrected chi connectivity index (χ2v) is 4.83. The molecule has 0 heterocycles. The van der Waals surface area contributed by atoms with Crippen LogP contribution in [0.4, 0.5) is 0 Å². The van der Waals surface area contributed by atoms with Crippen LogP contribution in [-0.4, -0.2) is 57.2 Å². The number of rotatable bonds is 10. The second-order valence-electron chi connectivity index (χ2n) is 4.83. The monoisotopic (exact) mass is 646 g/mol. The van der Waals surface area contributed by atoms with E-state index in [1.807, 2.05) is 0 Å². The van der Waals surface area contributed by atoms with Crippen LogP contribution in [0.2, 0.25) is 0 Å². The summed E-state index contributed by atoms with van der Waals surface area (Å²) in [5, 5.41) is 77.9. The summed E-state index contributed by atoms with van der Waals surface area (Å²) in [4.78, 5) is 60.0. The number of carboxylic acid groups (broad SMARTS) is 6. The molecule has 0 unspecified atom stereocenters. The van der Waals surface area contributed by atoms with Crippen molar-refractivity contribution in [1.82, 2.24) is 0 Å². The van der Waals surface area contributed by atoms with E-state index in [0.29, 0.717) is 0 Å². The standard InChI is InChI=1S/2C6H8O7.4Cu.O/c2*7-3(8)1-6(13,5(11)12)2-4(9)10;;;;;/h2*13H,1-2H2,(H,7,8)(H,9,10)(H,11,12);;;;;/q;;;3*+2;/p-6. The molecule has 0 atom stereocenters. The summed E-state index contributed by atoms with van der Waals surface area (Å²) in [6.45, 7) is 0. The molecule has 15 nitrogen and oxygen atoms in total. The fourth-order valence-electron chi connectivity index (χ4n) is 1.37. The Bertz CT molecular complexity index is 539. The van der Waals surface area contributed by atoms with Crippen LogP contribution >= 0.6 is 0 Å². The van der Waals surface area contributed by atoms with Crippen molar-refractivity contribution in [1.29, 1.82) is 0 Å². The number of carbonyl (C=O) groups excluding carboxylic acids is 6. The SMILES string of the molecule is O=C([O-])CC(O)(CC(=O)[O-])C(=O)[O-].O=C([O-])CC(O)(CC(=O)[O-])C(=O)[O-].[Cu+2].[Cu+2].[Cu+2].[O]=[Cu]. The summed E-state index contributed by atoms with van der Waals surface area (Å²) < 4.78 is 7.81. The van der Waals surface area contributed by atoms with Gasteiger partial charge in [0.1, 0.15) is 11.2 Å². The van der Waals surface area contributed by atoms with Crippen LogP contribution in [0.25, 0.3) is 0 Å². The van der Waals surface area contributed by atoms with Gasteiger partial charge < -0.3 is 69.6 Å². The van der Waals surface area contributed by atoms with Crippen LogP contribution in [-0.2, 0) is 99.8 Å². The van der Waals surface area contributed by atoms with Gasteiger partial charge in [-0.15, -0.1) is 0 Å². The van der Waals surface area contributed by atoms with Crippen molar-refractivity contribution in [3.63, 3.8) is 0 Å². The number of aliphatic hydroxyl groups is 2. The van der Waals surface area contributed by atoms with Crippen LogP contribution in [0, 0.1) is 0 Å². The molecule has 0 aromatic carbocycles. The third-order valence-corrected chi connectivity index (χ3v) is 2.51. The molecule has 31 heavy (non-hydrogen) atoms. The molecule has 0 bridgehead atoms. The van der Waals surface area contributed by atoms with Gasteiger partial charge in [0, 0.05) is 49.6 Å². The van der Waals surface area contributed by atoms with E-state index in [9.17, 15) is 59.4 Å². The molecule has 19 heteroatoms. The molecule has 0 saturated carbocycles. The Kier molecular flexibility index (Phi) is 28.8. The molecule has 2 N–H and O–H groups in total. The van der Waals surface area contributed by atoms with Crippen molar-refractivity contribution in [3.05, 3.63) is 0 Å². The average molecular weight is 648 g/mol. The maximum atomic E-state index is 10.1. The zero-order chi connectivity index (χ0) is 23.3. The molecule has 0 rings (SSSR count). The summed E-state index contributed by atoms with van der Waals surface area (Å²) in [5.41, 5.74) is -5.95. The zero-order valence-corrected chi connectivity index (χ0v) is 18.0. The predicted octanol–water partition coefficient (Wildman–Crippen LogP) is -10.6. The Morgan fingerprint density at radius 1 is 0.516 bits per heavy atom. The van der Waals surface area contributed by atoms with Crippen LogP contribution in [0.1, 0.15) is 25.7 Å². The molecule has 192 valence electrons. The van der Waals surface area contributed by atoms with E-state index in [1.165, 1.54) is 0 Å². The van der Waals surface area contributed by atoms with Gasteiger partial charge in [0.25, 0.3) is 0 Å². The first-order chi connectivity index (χ1) is 12.6. The molecular formula is C12H10Cu4O15. The molecule has 0 fully saturated rings. The van der Waals surface area contributed by atoms with Gasteiger partial charge in [0.15, 0.2) is 0 Å². The molecule has 0 aliphatic carbocycles. The second kappa shape index (κ2) is 20.5. The maximum absolute atomic E-state index is 10.1. The van der Waals surface area contributed by atoms with Gasteiger partial charge in [-0.05, 0) is 0 Å². The number of hydrogen-bond donors (Lipinski definition) is 2. The topological polar surface area (TPSA) is 298 Å². The Labute approximate surface area is 212 Å². The minimum absolute atomic E-state index is 0. The summed E-state index contributed by atoms with van der Waals surface area (Å²) in [5.74, 6) is -12.0. The fourth-order valence-corrected chi connectivity index (χ4v) is 1.37. The quantitative estimate of drug-likeness (QED) is 0.208. The third kappa shape index (κ3) is 21.6.